The lowest BCUT2D eigenvalue weighted by Gasteiger charge is -2.56. The minimum atomic E-state index is 0.514. The van der Waals surface area contributed by atoms with Crippen LogP contribution in [0, 0.1) is 30.1 Å². The molecular weight excluding hydrogens is 224 g/mol. The summed E-state index contributed by atoms with van der Waals surface area (Å²) in [6.07, 6.45) is 8.74. The van der Waals surface area contributed by atoms with Gasteiger partial charge in [0.25, 0.3) is 0 Å². The van der Waals surface area contributed by atoms with Crippen LogP contribution in [0.25, 0.3) is 0 Å². The van der Waals surface area contributed by atoms with Crippen molar-refractivity contribution in [2.45, 2.75) is 52.0 Å². The first-order chi connectivity index (χ1) is 8.63. The van der Waals surface area contributed by atoms with Crippen LogP contribution in [0.2, 0.25) is 0 Å². The summed E-state index contributed by atoms with van der Waals surface area (Å²) in [7, 11) is 0. The molecule has 2 N–H and O–H groups in total. The van der Waals surface area contributed by atoms with Crippen LogP contribution in [-0.2, 0) is 6.54 Å². The summed E-state index contributed by atoms with van der Waals surface area (Å²) >= 11 is 0. The van der Waals surface area contributed by atoms with E-state index in [9.17, 15) is 0 Å². The van der Waals surface area contributed by atoms with E-state index in [2.05, 4.69) is 15.0 Å². The van der Waals surface area contributed by atoms with Gasteiger partial charge in [0, 0.05) is 6.54 Å². The van der Waals surface area contributed by atoms with E-state index >= 15 is 0 Å². The van der Waals surface area contributed by atoms with E-state index in [4.69, 9.17) is 5.73 Å². The first-order valence-corrected chi connectivity index (χ1v) is 7.29. The molecule has 4 aliphatic rings. The molecule has 1 aromatic rings. The van der Waals surface area contributed by atoms with Gasteiger partial charge in [-0.1, -0.05) is 5.21 Å². The number of aromatic nitrogens is 3. The SMILES string of the molecule is Cc1c(N)nnn1CC12CC3CC(CC(C3)C1)C2. The second-order valence-electron chi connectivity index (χ2n) is 7.14. The van der Waals surface area contributed by atoms with Gasteiger partial charge in [0.05, 0.1) is 5.69 Å². The number of rotatable bonds is 2. The van der Waals surface area contributed by atoms with Crippen molar-refractivity contribution in [1.82, 2.24) is 15.0 Å². The maximum absolute atomic E-state index is 5.81. The highest BCUT2D eigenvalue weighted by Gasteiger charge is 2.51. The van der Waals surface area contributed by atoms with Crippen LogP contribution in [-0.4, -0.2) is 15.0 Å². The van der Waals surface area contributed by atoms with Crippen LogP contribution < -0.4 is 5.73 Å². The highest BCUT2D eigenvalue weighted by molar-refractivity contribution is 5.31. The number of hydrogen-bond acceptors (Lipinski definition) is 3. The predicted octanol–water partition coefficient (Wildman–Crippen LogP) is 2.39. The van der Waals surface area contributed by atoms with Gasteiger partial charge in [0.1, 0.15) is 0 Å². The second-order valence-corrected chi connectivity index (χ2v) is 7.14. The monoisotopic (exact) mass is 246 g/mol. The summed E-state index contributed by atoms with van der Waals surface area (Å²) in [6, 6.07) is 0. The molecule has 0 unspecified atom stereocenters. The second kappa shape index (κ2) is 3.49. The average Bonchev–Trinajstić information content (AvgIpc) is 2.58. The van der Waals surface area contributed by atoms with Crippen LogP contribution in [0.15, 0.2) is 0 Å². The van der Waals surface area contributed by atoms with Gasteiger partial charge >= 0.3 is 0 Å². The van der Waals surface area contributed by atoms with Gasteiger partial charge in [0.15, 0.2) is 5.82 Å². The lowest BCUT2D eigenvalue weighted by atomic mass is 9.49. The van der Waals surface area contributed by atoms with Crippen LogP contribution >= 0.6 is 0 Å². The largest absolute Gasteiger partial charge is 0.381 e. The predicted molar refractivity (Wildman–Crippen MR) is 69.8 cm³/mol. The molecule has 4 heteroatoms. The van der Waals surface area contributed by atoms with Crippen LogP contribution in [0.1, 0.15) is 44.2 Å². The van der Waals surface area contributed by atoms with Crippen LogP contribution in [0.4, 0.5) is 5.82 Å². The molecule has 4 bridgehead atoms. The fourth-order valence-corrected chi connectivity index (χ4v) is 5.33. The zero-order valence-electron chi connectivity index (χ0n) is 11.1. The van der Waals surface area contributed by atoms with Gasteiger partial charge in [-0.15, -0.1) is 5.10 Å². The Bertz CT molecular complexity index is 441. The van der Waals surface area contributed by atoms with Crippen molar-refractivity contribution in [3.05, 3.63) is 5.69 Å². The Morgan fingerprint density at radius 1 is 1.17 bits per heavy atom. The molecule has 0 aromatic carbocycles. The van der Waals surface area contributed by atoms with E-state index in [0.29, 0.717) is 11.2 Å². The molecular formula is C14H22N4. The molecule has 4 nitrogen and oxygen atoms in total. The average molecular weight is 246 g/mol. The van der Waals surface area contributed by atoms with E-state index in [1.54, 1.807) is 0 Å². The Balaban J connectivity index is 1.62. The molecule has 0 atom stereocenters. The van der Waals surface area contributed by atoms with Crippen LogP contribution in [0.5, 0.6) is 0 Å². The lowest BCUT2D eigenvalue weighted by Crippen LogP contribution is -2.48. The van der Waals surface area contributed by atoms with Gasteiger partial charge in [-0.25, -0.2) is 4.68 Å². The summed E-state index contributed by atoms with van der Waals surface area (Å²) in [5.74, 6) is 3.59. The molecule has 0 aliphatic heterocycles. The minimum absolute atomic E-state index is 0.514. The van der Waals surface area contributed by atoms with Crippen molar-refractivity contribution < 1.29 is 0 Å². The quantitative estimate of drug-likeness (QED) is 0.871. The maximum Gasteiger partial charge on any atom is 0.168 e. The van der Waals surface area contributed by atoms with Gasteiger partial charge in [-0.3, -0.25) is 0 Å². The first kappa shape index (κ1) is 10.8. The van der Waals surface area contributed by atoms with Gasteiger partial charge in [-0.2, -0.15) is 0 Å². The van der Waals surface area contributed by atoms with Crippen molar-refractivity contribution in [3.8, 4) is 0 Å². The third kappa shape index (κ3) is 1.50. The Morgan fingerprint density at radius 2 is 1.72 bits per heavy atom. The highest BCUT2D eigenvalue weighted by atomic mass is 15.4. The summed E-state index contributed by atoms with van der Waals surface area (Å²) in [5.41, 5.74) is 7.37. The van der Waals surface area contributed by atoms with Crippen molar-refractivity contribution >= 4 is 5.82 Å². The first-order valence-electron chi connectivity index (χ1n) is 7.29. The number of nitrogens with two attached hydrogens (primary N) is 1. The molecule has 5 rings (SSSR count). The Kier molecular flexibility index (Phi) is 2.10. The molecule has 0 saturated heterocycles. The van der Waals surface area contributed by atoms with Crippen LogP contribution in [0.3, 0.4) is 0 Å². The van der Waals surface area contributed by atoms with E-state index in [-0.39, 0.29) is 0 Å². The minimum Gasteiger partial charge on any atom is -0.381 e. The maximum atomic E-state index is 5.81. The van der Waals surface area contributed by atoms with Crippen molar-refractivity contribution in [2.75, 3.05) is 5.73 Å². The standard InChI is InChI=1S/C14H22N4/c1-9-13(15)16-17-18(9)8-14-5-10-2-11(6-14)4-12(3-10)7-14/h10-12H,2-8,15H2,1H3. The molecule has 4 fully saturated rings. The zero-order valence-corrected chi connectivity index (χ0v) is 11.1. The van der Waals surface area contributed by atoms with E-state index in [1.807, 2.05) is 6.92 Å². The van der Waals surface area contributed by atoms with Crippen molar-refractivity contribution in [1.29, 1.82) is 0 Å². The zero-order chi connectivity index (χ0) is 12.3. The molecule has 4 aliphatic carbocycles. The van der Waals surface area contributed by atoms with E-state index < -0.39 is 0 Å². The third-order valence-electron chi connectivity index (χ3n) is 5.67. The Hall–Kier alpha value is -1.06. The summed E-state index contributed by atoms with van der Waals surface area (Å²) in [5, 5.41) is 8.24. The molecule has 0 spiro atoms. The number of hydrogen-bond donors (Lipinski definition) is 1. The molecule has 0 radical (unpaired) electrons. The smallest absolute Gasteiger partial charge is 0.168 e. The van der Waals surface area contributed by atoms with E-state index in [0.717, 1.165) is 30.0 Å². The molecule has 1 heterocycles. The molecule has 0 amide bonds. The summed E-state index contributed by atoms with van der Waals surface area (Å²) in [6.45, 7) is 3.09. The Labute approximate surface area is 108 Å². The fraction of sp³-hybridized carbons (Fsp3) is 0.857. The fourth-order valence-electron chi connectivity index (χ4n) is 5.33. The third-order valence-corrected chi connectivity index (χ3v) is 5.67. The number of nitrogen functional groups attached to an aromatic ring is 1. The normalized spacial score (nSPS) is 41.5. The van der Waals surface area contributed by atoms with Crippen molar-refractivity contribution in [3.63, 3.8) is 0 Å². The molecule has 1 aromatic heterocycles. The Morgan fingerprint density at radius 3 is 2.17 bits per heavy atom. The van der Waals surface area contributed by atoms with Gasteiger partial charge in [0.2, 0.25) is 0 Å². The molecule has 4 saturated carbocycles. The summed E-state index contributed by atoms with van der Waals surface area (Å²) in [4.78, 5) is 0. The van der Waals surface area contributed by atoms with Gasteiger partial charge in [-0.05, 0) is 68.6 Å². The number of anilines is 1. The van der Waals surface area contributed by atoms with Gasteiger partial charge < -0.3 is 5.73 Å². The summed E-state index contributed by atoms with van der Waals surface area (Å²) < 4.78 is 2.06. The highest BCUT2D eigenvalue weighted by Crippen LogP contribution is 2.60. The van der Waals surface area contributed by atoms with E-state index in [1.165, 1.54) is 38.5 Å². The van der Waals surface area contributed by atoms with Crippen molar-refractivity contribution in [2.24, 2.45) is 23.2 Å². The molecule has 98 valence electrons. The number of nitrogens with zero attached hydrogens (tertiary/aromatic N) is 3. The topological polar surface area (TPSA) is 56.7 Å². The molecule has 18 heavy (non-hydrogen) atoms. The lowest BCUT2D eigenvalue weighted by molar-refractivity contribution is -0.0640.